The van der Waals surface area contributed by atoms with Crippen molar-refractivity contribution in [1.29, 1.82) is 0 Å². The van der Waals surface area contributed by atoms with E-state index in [9.17, 15) is 19.7 Å². The minimum Gasteiger partial charge on any atom is -0.347 e. The van der Waals surface area contributed by atoms with Crippen LogP contribution in [0.4, 0.5) is 5.69 Å². The van der Waals surface area contributed by atoms with Crippen molar-refractivity contribution >= 4 is 22.9 Å². The lowest BCUT2D eigenvalue weighted by atomic mass is 10.0. The number of rotatable bonds is 6. The molecule has 1 heterocycles. The van der Waals surface area contributed by atoms with E-state index in [-0.39, 0.29) is 23.0 Å². The van der Waals surface area contributed by atoms with E-state index in [0.29, 0.717) is 22.7 Å². The van der Waals surface area contributed by atoms with Crippen LogP contribution in [0.15, 0.2) is 47.3 Å². The van der Waals surface area contributed by atoms with Crippen molar-refractivity contribution in [2.75, 3.05) is 0 Å². The van der Waals surface area contributed by atoms with Crippen LogP contribution in [0.5, 0.6) is 0 Å². The van der Waals surface area contributed by atoms with E-state index in [1.54, 1.807) is 23.6 Å². The van der Waals surface area contributed by atoms with Gasteiger partial charge < -0.3 is 5.32 Å². The molecule has 8 heteroatoms. The average Bonchev–Trinajstić information content (AvgIpc) is 2.97. The van der Waals surface area contributed by atoms with Crippen LogP contribution in [-0.2, 0) is 13.1 Å². The molecular weight excluding hydrogens is 390 g/mol. The summed E-state index contributed by atoms with van der Waals surface area (Å²) in [6, 6.07) is 12.1. The topological polar surface area (TPSA) is 94.2 Å². The molecular formula is C21H21N3O4S. The number of nitro groups is 1. The van der Waals surface area contributed by atoms with E-state index in [1.807, 2.05) is 32.0 Å². The molecule has 1 aromatic heterocycles. The Hall–Kier alpha value is -3.26. The molecule has 0 aliphatic heterocycles. The Morgan fingerprint density at radius 1 is 1.14 bits per heavy atom. The van der Waals surface area contributed by atoms with Gasteiger partial charge in [0.25, 0.3) is 11.6 Å². The molecule has 0 aliphatic carbocycles. The first-order valence-corrected chi connectivity index (χ1v) is 9.86. The number of hydrogen-bond donors (Lipinski definition) is 1. The molecule has 1 N–H and O–H groups in total. The fourth-order valence-corrected chi connectivity index (χ4v) is 4.08. The van der Waals surface area contributed by atoms with Gasteiger partial charge >= 0.3 is 4.87 Å². The highest BCUT2D eigenvalue weighted by atomic mass is 32.1. The van der Waals surface area contributed by atoms with Gasteiger partial charge in [0, 0.05) is 24.4 Å². The molecule has 0 spiro atoms. The monoisotopic (exact) mass is 411 g/mol. The van der Waals surface area contributed by atoms with Crippen molar-refractivity contribution in [1.82, 2.24) is 9.88 Å². The Bertz CT molecular complexity index is 1130. The molecule has 3 aromatic rings. The first-order valence-electron chi connectivity index (χ1n) is 9.04. The van der Waals surface area contributed by atoms with Gasteiger partial charge in [0.05, 0.1) is 11.5 Å². The van der Waals surface area contributed by atoms with E-state index in [1.165, 1.54) is 12.1 Å². The maximum Gasteiger partial charge on any atom is 0.308 e. The number of benzene rings is 2. The normalized spacial score (nSPS) is 10.7. The summed E-state index contributed by atoms with van der Waals surface area (Å²) in [6.45, 7) is 6.32. The standard InChI is InChI=1S/C21H21N3O4S/c1-13-6-4-7-14(2)18(13)12-23-15(3)19(29-21(23)26)20(25)22-11-16-8-5-9-17(10-16)24(27)28/h4-10H,11-12H2,1-3H3,(H,22,25). The zero-order valence-corrected chi connectivity index (χ0v) is 17.2. The van der Waals surface area contributed by atoms with Crippen molar-refractivity contribution in [2.45, 2.75) is 33.9 Å². The predicted molar refractivity (Wildman–Crippen MR) is 113 cm³/mol. The maximum atomic E-state index is 12.6. The molecule has 0 saturated carbocycles. The van der Waals surface area contributed by atoms with Crippen LogP contribution in [0.2, 0.25) is 0 Å². The molecule has 0 fully saturated rings. The van der Waals surface area contributed by atoms with Crippen molar-refractivity contribution in [3.05, 3.63) is 95.1 Å². The molecule has 7 nitrogen and oxygen atoms in total. The summed E-state index contributed by atoms with van der Waals surface area (Å²) >= 11 is 0.910. The van der Waals surface area contributed by atoms with E-state index < -0.39 is 4.92 Å². The number of nitro benzene ring substituents is 1. The lowest BCUT2D eigenvalue weighted by Gasteiger charge is -2.11. The fraction of sp³-hybridized carbons (Fsp3) is 0.238. The second-order valence-corrected chi connectivity index (χ2v) is 7.81. The minimum atomic E-state index is -0.477. The molecule has 29 heavy (non-hydrogen) atoms. The third-order valence-corrected chi connectivity index (χ3v) is 5.96. The fourth-order valence-electron chi connectivity index (χ4n) is 3.17. The molecule has 150 valence electrons. The highest BCUT2D eigenvalue weighted by molar-refractivity contribution is 7.11. The highest BCUT2D eigenvalue weighted by Crippen LogP contribution is 2.19. The summed E-state index contributed by atoms with van der Waals surface area (Å²) in [5.74, 6) is -0.364. The maximum absolute atomic E-state index is 12.6. The van der Waals surface area contributed by atoms with Crippen LogP contribution < -0.4 is 10.2 Å². The molecule has 0 saturated heterocycles. The van der Waals surface area contributed by atoms with Gasteiger partial charge in [0.1, 0.15) is 4.88 Å². The number of carbonyl (C=O) groups excluding carboxylic acids is 1. The van der Waals surface area contributed by atoms with E-state index in [0.717, 1.165) is 28.0 Å². The zero-order valence-electron chi connectivity index (χ0n) is 16.4. The zero-order chi connectivity index (χ0) is 21.1. The molecule has 0 bridgehead atoms. The van der Waals surface area contributed by atoms with Crippen molar-refractivity contribution in [3.8, 4) is 0 Å². The Labute approximate surface area is 171 Å². The molecule has 0 unspecified atom stereocenters. The smallest absolute Gasteiger partial charge is 0.308 e. The summed E-state index contributed by atoms with van der Waals surface area (Å²) in [6.07, 6.45) is 0. The Balaban J connectivity index is 1.79. The molecule has 3 rings (SSSR count). The van der Waals surface area contributed by atoms with E-state index >= 15 is 0 Å². The second kappa shape index (κ2) is 8.40. The summed E-state index contributed by atoms with van der Waals surface area (Å²) in [7, 11) is 0. The average molecular weight is 411 g/mol. The number of non-ortho nitro benzene ring substituents is 1. The largest absolute Gasteiger partial charge is 0.347 e. The summed E-state index contributed by atoms with van der Waals surface area (Å²) in [5.41, 5.74) is 4.46. The quantitative estimate of drug-likeness (QED) is 0.494. The predicted octanol–water partition coefficient (Wildman–Crippen LogP) is 3.72. The van der Waals surface area contributed by atoms with E-state index in [2.05, 4.69) is 5.32 Å². The number of amides is 1. The van der Waals surface area contributed by atoms with Gasteiger partial charge in [0.2, 0.25) is 0 Å². The number of nitrogens with zero attached hydrogens (tertiary/aromatic N) is 2. The van der Waals surface area contributed by atoms with Crippen molar-refractivity contribution < 1.29 is 9.72 Å². The first kappa shape index (κ1) is 20.5. The molecule has 0 radical (unpaired) electrons. The lowest BCUT2D eigenvalue weighted by molar-refractivity contribution is -0.384. The van der Waals surface area contributed by atoms with Gasteiger partial charge in [-0.1, -0.05) is 41.7 Å². The molecule has 0 aliphatic rings. The van der Waals surface area contributed by atoms with Crippen LogP contribution in [0.25, 0.3) is 0 Å². The van der Waals surface area contributed by atoms with Crippen LogP contribution in [0, 0.1) is 30.9 Å². The van der Waals surface area contributed by atoms with Crippen molar-refractivity contribution in [2.24, 2.45) is 0 Å². The van der Waals surface area contributed by atoms with Gasteiger partial charge in [-0.3, -0.25) is 24.3 Å². The molecule has 0 atom stereocenters. The number of aryl methyl sites for hydroxylation is 2. The summed E-state index contributed by atoms with van der Waals surface area (Å²) in [4.78, 5) is 35.7. The van der Waals surface area contributed by atoms with Gasteiger partial charge in [-0.15, -0.1) is 0 Å². The van der Waals surface area contributed by atoms with Gasteiger partial charge in [-0.05, 0) is 43.0 Å². The number of hydrogen-bond acceptors (Lipinski definition) is 5. The Kier molecular flexibility index (Phi) is 5.93. The number of nitrogens with one attached hydrogen (secondary N) is 1. The van der Waals surface area contributed by atoms with Crippen LogP contribution in [0.1, 0.15) is 37.6 Å². The Morgan fingerprint density at radius 2 is 1.79 bits per heavy atom. The number of aromatic nitrogens is 1. The van der Waals surface area contributed by atoms with Crippen LogP contribution in [-0.4, -0.2) is 15.4 Å². The summed E-state index contributed by atoms with van der Waals surface area (Å²) < 4.78 is 1.61. The molecule has 2 aromatic carbocycles. The van der Waals surface area contributed by atoms with E-state index in [4.69, 9.17) is 0 Å². The van der Waals surface area contributed by atoms with Gasteiger partial charge in [-0.2, -0.15) is 0 Å². The van der Waals surface area contributed by atoms with Crippen LogP contribution in [0.3, 0.4) is 0 Å². The summed E-state index contributed by atoms with van der Waals surface area (Å²) in [5, 5.41) is 13.6. The third-order valence-electron chi connectivity index (χ3n) is 4.88. The third kappa shape index (κ3) is 4.43. The minimum absolute atomic E-state index is 0.0302. The number of thiazole rings is 1. The van der Waals surface area contributed by atoms with Gasteiger partial charge in [0.15, 0.2) is 0 Å². The highest BCUT2D eigenvalue weighted by Gasteiger charge is 2.19. The SMILES string of the molecule is Cc1cccc(C)c1Cn1c(C)c(C(=O)NCc2cccc([N+](=O)[O-])c2)sc1=O. The molecule has 1 amide bonds. The first-order chi connectivity index (χ1) is 13.8. The van der Waals surface area contributed by atoms with Gasteiger partial charge in [-0.25, -0.2) is 0 Å². The Morgan fingerprint density at radius 3 is 2.45 bits per heavy atom. The van der Waals surface area contributed by atoms with Crippen molar-refractivity contribution in [3.63, 3.8) is 0 Å². The second-order valence-electron chi connectivity index (χ2n) is 6.85. The lowest BCUT2D eigenvalue weighted by Crippen LogP contribution is -2.23. The number of carbonyl (C=O) groups is 1. The van der Waals surface area contributed by atoms with Crippen LogP contribution >= 0.6 is 11.3 Å².